The highest BCUT2D eigenvalue weighted by molar-refractivity contribution is 5.95. The molecule has 3 rings (SSSR count). The fourth-order valence-electron chi connectivity index (χ4n) is 3.09. The molecule has 1 N–H and O–H groups in total. The Morgan fingerprint density at radius 3 is 2.58 bits per heavy atom. The second kappa shape index (κ2) is 7.49. The van der Waals surface area contributed by atoms with Crippen LogP contribution < -0.4 is 15.0 Å². The summed E-state index contributed by atoms with van der Waals surface area (Å²) in [6, 6.07) is 16.5. The van der Waals surface area contributed by atoms with Gasteiger partial charge in [-0.15, -0.1) is 0 Å². The SMILES string of the molecule is COc1ccccc1CN[C@@H](C)c1ccc(N2CCCC2=O)cc1. The van der Waals surface area contributed by atoms with Gasteiger partial charge in [0.05, 0.1) is 7.11 Å². The van der Waals surface area contributed by atoms with E-state index >= 15 is 0 Å². The van der Waals surface area contributed by atoms with E-state index in [0.717, 1.165) is 36.5 Å². The molecule has 0 unspecified atom stereocenters. The lowest BCUT2D eigenvalue weighted by atomic mass is 10.1. The first-order valence-corrected chi connectivity index (χ1v) is 8.44. The molecule has 1 fully saturated rings. The van der Waals surface area contributed by atoms with Crippen LogP contribution in [0.3, 0.4) is 0 Å². The number of ether oxygens (including phenoxy) is 1. The van der Waals surface area contributed by atoms with Crippen LogP contribution in [0, 0.1) is 0 Å². The minimum Gasteiger partial charge on any atom is -0.496 e. The molecule has 4 nitrogen and oxygen atoms in total. The van der Waals surface area contributed by atoms with Crippen molar-refractivity contribution in [2.75, 3.05) is 18.6 Å². The molecule has 0 saturated carbocycles. The summed E-state index contributed by atoms with van der Waals surface area (Å²) in [5, 5.41) is 3.53. The van der Waals surface area contributed by atoms with Crippen molar-refractivity contribution < 1.29 is 9.53 Å². The summed E-state index contributed by atoms with van der Waals surface area (Å²) >= 11 is 0. The van der Waals surface area contributed by atoms with Crippen molar-refractivity contribution in [3.05, 3.63) is 59.7 Å². The molecule has 1 heterocycles. The minimum absolute atomic E-state index is 0.221. The third-order valence-electron chi connectivity index (χ3n) is 4.57. The van der Waals surface area contributed by atoms with E-state index in [0.29, 0.717) is 6.42 Å². The van der Waals surface area contributed by atoms with E-state index in [1.165, 1.54) is 5.56 Å². The third-order valence-corrected chi connectivity index (χ3v) is 4.57. The largest absolute Gasteiger partial charge is 0.496 e. The average molecular weight is 324 g/mol. The second-order valence-electron chi connectivity index (χ2n) is 6.15. The predicted octanol–water partition coefficient (Wildman–Crippen LogP) is 3.67. The zero-order valence-corrected chi connectivity index (χ0v) is 14.3. The Labute approximate surface area is 143 Å². The van der Waals surface area contributed by atoms with Gasteiger partial charge < -0.3 is 15.0 Å². The molecule has 0 radical (unpaired) electrons. The number of para-hydroxylation sites is 1. The van der Waals surface area contributed by atoms with Gasteiger partial charge in [0.1, 0.15) is 5.75 Å². The van der Waals surface area contributed by atoms with Crippen molar-refractivity contribution in [2.45, 2.75) is 32.4 Å². The van der Waals surface area contributed by atoms with Crippen molar-refractivity contribution in [3.63, 3.8) is 0 Å². The van der Waals surface area contributed by atoms with Crippen molar-refractivity contribution in [3.8, 4) is 5.75 Å². The smallest absolute Gasteiger partial charge is 0.227 e. The Morgan fingerprint density at radius 2 is 1.92 bits per heavy atom. The van der Waals surface area contributed by atoms with Crippen molar-refractivity contribution in [1.29, 1.82) is 0 Å². The van der Waals surface area contributed by atoms with Gasteiger partial charge in [-0.1, -0.05) is 30.3 Å². The summed E-state index contributed by atoms with van der Waals surface area (Å²) in [4.78, 5) is 13.7. The highest BCUT2D eigenvalue weighted by atomic mass is 16.5. The van der Waals surface area contributed by atoms with Gasteiger partial charge in [0.25, 0.3) is 0 Å². The van der Waals surface area contributed by atoms with E-state index in [1.54, 1.807) is 7.11 Å². The van der Waals surface area contributed by atoms with Gasteiger partial charge in [0.2, 0.25) is 5.91 Å². The molecule has 1 atom stereocenters. The summed E-state index contributed by atoms with van der Waals surface area (Å²) in [5.74, 6) is 1.13. The number of rotatable bonds is 6. The van der Waals surface area contributed by atoms with Crippen LogP contribution in [0.5, 0.6) is 5.75 Å². The fourth-order valence-corrected chi connectivity index (χ4v) is 3.09. The van der Waals surface area contributed by atoms with E-state index in [2.05, 4.69) is 30.4 Å². The molecule has 24 heavy (non-hydrogen) atoms. The number of hydrogen-bond donors (Lipinski definition) is 1. The van der Waals surface area contributed by atoms with E-state index in [-0.39, 0.29) is 11.9 Å². The monoisotopic (exact) mass is 324 g/mol. The number of nitrogens with zero attached hydrogens (tertiary/aromatic N) is 1. The number of benzene rings is 2. The maximum Gasteiger partial charge on any atom is 0.227 e. The van der Waals surface area contributed by atoms with Gasteiger partial charge in [0, 0.05) is 36.8 Å². The maximum absolute atomic E-state index is 11.8. The molecular weight excluding hydrogens is 300 g/mol. The lowest BCUT2D eigenvalue weighted by Crippen LogP contribution is -2.23. The van der Waals surface area contributed by atoms with Crippen molar-refractivity contribution in [1.82, 2.24) is 5.32 Å². The van der Waals surface area contributed by atoms with Crippen LogP contribution in [0.4, 0.5) is 5.69 Å². The van der Waals surface area contributed by atoms with E-state index in [9.17, 15) is 4.79 Å². The molecule has 4 heteroatoms. The summed E-state index contributed by atoms with van der Waals surface area (Å²) < 4.78 is 5.39. The number of hydrogen-bond acceptors (Lipinski definition) is 3. The molecule has 1 aliphatic rings. The van der Waals surface area contributed by atoms with Gasteiger partial charge in [-0.2, -0.15) is 0 Å². The number of nitrogens with one attached hydrogen (secondary N) is 1. The Hall–Kier alpha value is -2.33. The number of carbonyl (C=O) groups excluding carboxylic acids is 1. The quantitative estimate of drug-likeness (QED) is 0.881. The summed E-state index contributed by atoms with van der Waals surface area (Å²) in [6.45, 7) is 3.72. The van der Waals surface area contributed by atoms with Crippen LogP contribution in [-0.2, 0) is 11.3 Å². The average Bonchev–Trinajstić information content (AvgIpc) is 3.06. The fraction of sp³-hybridized carbons (Fsp3) is 0.350. The van der Waals surface area contributed by atoms with Crippen LogP contribution in [0.2, 0.25) is 0 Å². The predicted molar refractivity (Wildman–Crippen MR) is 96.3 cm³/mol. The normalized spacial score (nSPS) is 15.6. The van der Waals surface area contributed by atoms with Gasteiger partial charge >= 0.3 is 0 Å². The molecule has 0 spiro atoms. The Balaban J connectivity index is 1.63. The van der Waals surface area contributed by atoms with Crippen LogP contribution in [0.15, 0.2) is 48.5 Å². The molecular formula is C20H24N2O2. The highest BCUT2D eigenvalue weighted by Crippen LogP contribution is 2.24. The van der Waals surface area contributed by atoms with E-state index in [1.807, 2.05) is 35.2 Å². The molecule has 2 aromatic rings. The standard InChI is InChI=1S/C20H24N2O2/c1-15(21-14-17-6-3-4-7-19(17)24-2)16-9-11-18(12-10-16)22-13-5-8-20(22)23/h3-4,6-7,9-12,15,21H,5,8,13-14H2,1-2H3/t15-/m0/s1. The first kappa shape index (κ1) is 16.5. The highest BCUT2D eigenvalue weighted by Gasteiger charge is 2.21. The molecule has 126 valence electrons. The summed E-state index contributed by atoms with van der Waals surface area (Å²) in [5.41, 5.74) is 3.35. The van der Waals surface area contributed by atoms with Crippen LogP contribution in [0.25, 0.3) is 0 Å². The van der Waals surface area contributed by atoms with Crippen LogP contribution >= 0.6 is 0 Å². The first-order valence-electron chi connectivity index (χ1n) is 8.44. The van der Waals surface area contributed by atoms with Gasteiger partial charge in [-0.25, -0.2) is 0 Å². The second-order valence-corrected chi connectivity index (χ2v) is 6.15. The lowest BCUT2D eigenvalue weighted by molar-refractivity contribution is -0.117. The molecule has 0 aromatic heterocycles. The zero-order valence-electron chi connectivity index (χ0n) is 14.3. The van der Waals surface area contributed by atoms with Gasteiger partial charge in [0.15, 0.2) is 0 Å². The van der Waals surface area contributed by atoms with E-state index < -0.39 is 0 Å². The third kappa shape index (κ3) is 3.60. The van der Waals surface area contributed by atoms with Crippen molar-refractivity contribution in [2.24, 2.45) is 0 Å². The molecule has 0 bridgehead atoms. The van der Waals surface area contributed by atoms with Crippen molar-refractivity contribution >= 4 is 11.6 Å². The molecule has 0 aliphatic carbocycles. The number of carbonyl (C=O) groups is 1. The first-order chi connectivity index (χ1) is 11.7. The summed E-state index contributed by atoms with van der Waals surface area (Å²) in [7, 11) is 1.70. The number of anilines is 1. The molecule has 1 amide bonds. The maximum atomic E-state index is 11.8. The summed E-state index contributed by atoms with van der Waals surface area (Å²) in [6.07, 6.45) is 1.62. The Bertz CT molecular complexity index is 697. The van der Waals surface area contributed by atoms with E-state index in [4.69, 9.17) is 4.74 Å². The topological polar surface area (TPSA) is 41.6 Å². The van der Waals surface area contributed by atoms with Crippen LogP contribution in [-0.4, -0.2) is 19.6 Å². The number of methoxy groups -OCH3 is 1. The zero-order chi connectivity index (χ0) is 16.9. The molecule has 2 aromatic carbocycles. The number of amides is 1. The Kier molecular flexibility index (Phi) is 5.16. The van der Waals surface area contributed by atoms with Crippen LogP contribution in [0.1, 0.15) is 36.9 Å². The molecule has 1 aliphatic heterocycles. The van der Waals surface area contributed by atoms with Gasteiger partial charge in [-0.05, 0) is 37.1 Å². The lowest BCUT2D eigenvalue weighted by Gasteiger charge is -2.19. The Morgan fingerprint density at radius 1 is 1.17 bits per heavy atom. The minimum atomic E-state index is 0.221. The molecule has 1 saturated heterocycles. The van der Waals surface area contributed by atoms with Gasteiger partial charge in [-0.3, -0.25) is 4.79 Å².